The summed E-state index contributed by atoms with van der Waals surface area (Å²) in [6.45, 7) is 2.50. The number of anilines is 1. The zero-order valence-electron chi connectivity index (χ0n) is 17.4. The van der Waals surface area contributed by atoms with E-state index in [0.29, 0.717) is 30.3 Å². The Bertz CT molecular complexity index is 955. The van der Waals surface area contributed by atoms with Crippen molar-refractivity contribution in [2.24, 2.45) is 5.92 Å². The Kier molecular flexibility index (Phi) is 5.57. The Labute approximate surface area is 176 Å². The zero-order chi connectivity index (χ0) is 21.3. The molecule has 2 fully saturated rings. The van der Waals surface area contributed by atoms with E-state index in [1.54, 1.807) is 24.1 Å². The van der Waals surface area contributed by atoms with Crippen molar-refractivity contribution in [3.05, 3.63) is 65.7 Å². The minimum absolute atomic E-state index is 0.00211. The van der Waals surface area contributed by atoms with Crippen LogP contribution in [0.2, 0.25) is 0 Å². The van der Waals surface area contributed by atoms with Crippen LogP contribution < -0.4 is 5.32 Å². The Morgan fingerprint density at radius 3 is 2.53 bits per heavy atom. The maximum Gasteiger partial charge on any atom is 0.255 e. The van der Waals surface area contributed by atoms with E-state index in [1.807, 2.05) is 54.3 Å². The Morgan fingerprint density at radius 1 is 1.10 bits per heavy atom. The SMILES string of the molecule is C[C@@H](c1cccc(NC(=O)c2ccccc2)c1)N(C)C(=O)[C@@H]1CC(=O)N(C2CC2)C1. The van der Waals surface area contributed by atoms with Crippen LogP contribution >= 0.6 is 0 Å². The van der Waals surface area contributed by atoms with Crippen molar-refractivity contribution in [2.75, 3.05) is 18.9 Å². The van der Waals surface area contributed by atoms with Crippen molar-refractivity contribution in [3.8, 4) is 0 Å². The number of likely N-dealkylation sites (tertiary alicyclic amines) is 1. The fraction of sp³-hybridized carbons (Fsp3) is 0.375. The first kappa shape index (κ1) is 20.1. The molecule has 2 aromatic carbocycles. The smallest absolute Gasteiger partial charge is 0.255 e. The van der Waals surface area contributed by atoms with E-state index in [2.05, 4.69) is 5.32 Å². The first-order valence-corrected chi connectivity index (χ1v) is 10.5. The van der Waals surface area contributed by atoms with Gasteiger partial charge in [0.15, 0.2) is 0 Å². The third-order valence-electron chi connectivity index (χ3n) is 6.09. The number of nitrogens with zero attached hydrogens (tertiary/aromatic N) is 2. The Morgan fingerprint density at radius 2 is 1.83 bits per heavy atom. The van der Waals surface area contributed by atoms with Crippen LogP contribution in [0.4, 0.5) is 5.69 Å². The lowest BCUT2D eigenvalue weighted by Crippen LogP contribution is -2.36. The number of benzene rings is 2. The molecule has 1 N–H and O–H groups in total. The number of nitrogens with one attached hydrogen (secondary N) is 1. The van der Waals surface area contributed by atoms with E-state index < -0.39 is 0 Å². The number of carbonyl (C=O) groups is 3. The van der Waals surface area contributed by atoms with Crippen molar-refractivity contribution < 1.29 is 14.4 Å². The number of rotatable bonds is 6. The average Bonchev–Trinajstić information content (AvgIpc) is 3.54. The maximum atomic E-state index is 13.0. The van der Waals surface area contributed by atoms with Gasteiger partial charge in [-0.1, -0.05) is 30.3 Å². The van der Waals surface area contributed by atoms with Gasteiger partial charge in [-0.3, -0.25) is 14.4 Å². The average molecular weight is 405 g/mol. The number of hydrogen-bond acceptors (Lipinski definition) is 3. The van der Waals surface area contributed by atoms with Crippen LogP contribution in [0.15, 0.2) is 54.6 Å². The molecule has 2 atom stereocenters. The van der Waals surface area contributed by atoms with Crippen LogP contribution in [0.5, 0.6) is 0 Å². The lowest BCUT2D eigenvalue weighted by Gasteiger charge is -2.28. The highest BCUT2D eigenvalue weighted by molar-refractivity contribution is 6.04. The minimum Gasteiger partial charge on any atom is -0.339 e. The van der Waals surface area contributed by atoms with Gasteiger partial charge in [-0.05, 0) is 49.6 Å². The molecule has 30 heavy (non-hydrogen) atoms. The summed E-state index contributed by atoms with van der Waals surface area (Å²) in [5, 5.41) is 2.91. The van der Waals surface area contributed by atoms with Crippen LogP contribution in [0.25, 0.3) is 0 Å². The molecule has 2 aliphatic rings. The van der Waals surface area contributed by atoms with Gasteiger partial charge < -0.3 is 15.1 Å². The molecule has 6 nitrogen and oxygen atoms in total. The maximum absolute atomic E-state index is 13.0. The molecule has 156 valence electrons. The van der Waals surface area contributed by atoms with Crippen molar-refractivity contribution in [2.45, 2.75) is 38.3 Å². The van der Waals surface area contributed by atoms with E-state index in [4.69, 9.17) is 0 Å². The van der Waals surface area contributed by atoms with Gasteiger partial charge in [0.1, 0.15) is 0 Å². The summed E-state index contributed by atoms with van der Waals surface area (Å²) in [5.41, 5.74) is 2.21. The molecular formula is C24H27N3O3. The van der Waals surface area contributed by atoms with Gasteiger partial charge in [0.25, 0.3) is 5.91 Å². The van der Waals surface area contributed by atoms with Crippen LogP contribution in [0, 0.1) is 5.92 Å². The van der Waals surface area contributed by atoms with Gasteiger partial charge in [-0.25, -0.2) is 0 Å². The summed E-state index contributed by atoms with van der Waals surface area (Å²) in [7, 11) is 1.78. The molecule has 2 aromatic rings. The Hall–Kier alpha value is -3.15. The third kappa shape index (κ3) is 4.22. The summed E-state index contributed by atoms with van der Waals surface area (Å²) < 4.78 is 0. The minimum atomic E-state index is -0.272. The predicted molar refractivity (Wildman–Crippen MR) is 115 cm³/mol. The lowest BCUT2D eigenvalue weighted by molar-refractivity contribution is -0.136. The molecule has 0 aromatic heterocycles. The number of amides is 3. The number of carbonyl (C=O) groups excluding carboxylic acids is 3. The van der Waals surface area contributed by atoms with Crippen LogP contribution in [0.3, 0.4) is 0 Å². The summed E-state index contributed by atoms with van der Waals surface area (Å²) in [6, 6.07) is 16.8. The summed E-state index contributed by atoms with van der Waals surface area (Å²) in [4.78, 5) is 41.2. The van der Waals surface area contributed by atoms with E-state index in [-0.39, 0.29) is 29.7 Å². The van der Waals surface area contributed by atoms with E-state index >= 15 is 0 Å². The largest absolute Gasteiger partial charge is 0.339 e. The first-order valence-electron chi connectivity index (χ1n) is 10.5. The molecule has 1 heterocycles. The van der Waals surface area contributed by atoms with Gasteiger partial charge in [0.05, 0.1) is 12.0 Å². The van der Waals surface area contributed by atoms with Crippen molar-refractivity contribution >= 4 is 23.4 Å². The first-order chi connectivity index (χ1) is 14.4. The van der Waals surface area contributed by atoms with Crippen molar-refractivity contribution in [3.63, 3.8) is 0 Å². The molecule has 1 aliphatic carbocycles. The second kappa shape index (κ2) is 8.30. The highest BCUT2D eigenvalue weighted by atomic mass is 16.2. The molecule has 0 spiro atoms. The highest BCUT2D eigenvalue weighted by Gasteiger charge is 2.42. The molecule has 0 radical (unpaired) electrons. The van der Waals surface area contributed by atoms with Gasteiger partial charge in [-0.2, -0.15) is 0 Å². The molecule has 0 unspecified atom stereocenters. The van der Waals surface area contributed by atoms with Gasteiger partial charge in [0, 0.05) is 37.3 Å². The molecule has 1 saturated heterocycles. The second-order valence-electron chi connectivity index (χ2n) is 8.25. The van der Waals surface area contributed by atoms with Crippen molar-refractivity contribution in [1.29, 1.82) is 0 Å². The fourth-order valence-corrected chi connectivity index (χ4v) is 4.01. The normalized spacial score (nSPS) is 19.5. The standard InChI is InChI=1S/C24H27N3O3/c1-16(26(2)24(30)19-14-22(28)27(15-19)21-11-12-21)18-9-6-10-20(13-18)25-23(29)17-7-4-3-5-8-17/h3-10,13,16,19,21H,11-12,14-15H2,1-2H3,(H,25,29)/t16-,19+/m0/s1. The molecule has 4 rings (SSSR count). The monoisotopic (exact) mass is 405 g/mol. The predicted octanol–water partition coefficient (Wildman–Crippen LogP) is 3.47. The molecule has 0 bridgehead atoms. The van der Waals surface area contributed by atoms with Crippen LogP contribution in [0.1, 0.15) is 48.1 Å². The summed E-state index contributed by atoms with van der Waals surface area (Å²) in [5.74, 6) is -0.346. The molecule has 1 aliphatic heterocycles. The van der Waals surface area contributed by atoms with E-state index in [9.17, 15) is 14.4 Å². The lowest BCUT2D eigenvalue weighted by atomic mass is 10.0. The van der Waals surface area contributed by atoms with Gasteiger partial charge in [0.2, 0.25) is 11.8 Å². The molecule has 1 saturated carbocycles. The highest BCUT2D eigenvalue weighted by Crippen LogP contribution is 2.34. The molecular weight excluding hydrogens is 378 g/mol. The van der Waals surface area contributed by atoms with Crippen LogP contribution in [-0.4, -0.2) is 47.2 Å². The molecule has 3 amide bonds. The number of hydrogen-bond donors (Lipinski definition) is 1. The second-order valence-corrected chi connectivity index (χ2v) is 8.25. The molecule has 6 heteroatoms. The van der Waals surface area contributed by atoms with Gasteiger partial charge >= 0.3 is 0 Å². The summed E-state index contributed by atoms with van der Waals surface area (Å²) in [6.07, 6.45) is 2.42. The van der Waals surface area contributed by atoms with Crippen LogP contribution in [-0.2, 0) is 9.59 Å². The van der Waals surface area contributed by atoms with E-state index in [1.165, 1.54) is 0 Å². The van der Waals surface area contributed by atoms with Gasteiger partial charge in [-0.15, -0.1) is 0 Å². The topological polar surface area (TPSA) is 69.7 Å². The Balaban J connectivity index is 1.42. The quantitative estimate of drug-likeness (QED) is 0.800. The zero-order valence-corrected chi connectivity index (χ0v) is 17.4. The summed E-state index contributed by atoms with van der Waals surface area (Å²) >= 11 is 0. The van der Waals surface area contributed by atoms with E-state index in [0.717, 1.165) is 18.4 Å². The fourth-order valence-electron chi connectivity index (χ4n) is 4.01. The van der Waals surface area contributed by atoms with Crippen molar-refractivity contribution in [1.82, 2.24) is 9.80 Å². The third-order valence-corrected chi connectivity index (χ3v) is 6.09.